The number of hydrogen-bond acceptors (Lipinski definition) is 5. The second-order valence-corrected chi connectivity index (χ2v) is 9.35. The maximum absolute atomic E-state index is 12.5. The number of nitrogens with one attached hydrogen (secondary N) is 1. The van der Waals surface area contributed by atoms with Gasteiger partial charge in [0.15, 0.2) is 11.0 Å². The molecular formula is C26H30N4O2S. The molecule has 1 amide bonds. The van der Waals surface area contributed by atoms with E-state index < -0.39 is 0 Å². The normalized spacial score (nSPS) is 13.8. The van der Waals surface area contributed by atoms with E-state index in [9.17, 15) is 4.79 Å². The fraction of sp³-hybridized carbons (Fsp3) is 0.346. The molecule has 0 atom stereocenters. The Balaban J connectivity index is 1.42. The maximum Gasteiger partial charge on any atom is 0.234 e. The van der Waals surface area contributed by atoms with E-state index in [4.69, 9.17) is 4.74 Å². The Morgan fingerprint density at radius 1 is 1.18 bits per heavy atom. The summed E-state index contributed by atoms with van der Waals surface area (Å²) in [4.78, 5) is 12.5. The summed E-state index contributed by atoms with van der Waals surface area (Å²) in [5.74, 6) is 1.81. The van der Waals surface area contributed by atoms with Crippen molar-refractivity contribution in [3.05, 3.63) is 66.2 Å². The molecule has 0 spiro atoms. The SMILES string of the molecule is C=CCn1c(SCC(=O)Nc2ccc(C)cc2C)nnc1-c1ccc(OC2CCCC2)cc1. The average molecular weight is 463 g/mol. The molecule has 1 aliphatic carbocycles. The Kier molecular flexibility index (Phi) is 7.50. The standard InChI is InChI=1S/C26H30N4O2S/c1-4-15-30-25(20-10-12-22(13-11-20)32-21-7-5-6-8-21)28-29-26(30)33-17-24(31)27-23-14-9-18(2)16-19(23)3/h4,9-14,16,21H,1,5-8,15,17H2,2-3H3,(H,27,31). The van der Waals surface area contributed by atoms with Gasteiger partial charge < -0.3 is 10.1 Å². The number of ether oxygens (including phenoxy) is 1. The van der Waals surface area contributed by atoms with Gasteiger partial charge in [0.05, 0.1) is 11.9 Å². The van der Waals surface area contributed by atoms with Crippen molar-refractivity contribution in [1.82, 2.24) is 14.8 Å². The highest BCUT2D eigenvalue weighted by atomic mass is 32.2. The van der Waals surface area contributed by atoms with Gasteiger partial charge in [-0.3, -0.25) is 9.36 Å². The van der Waals surface area contributed by atoms with Crippen LogP contribution in [0.25, 0.3) is 11.4 Å². The third kappa shape index (κ3) is 5.85. The number of carbonyl (C=O) groups excluding carboxylic acids is 1. The van der Waals surface area contributed by atoms with Crippen LogP contribution < -0.4 is 10.1 Å². The van der Waals surface area contributed by atoms with Crippen LogP contribution in [0.2, 0.25) is 0 Å². The molecular weight excluding hydrogens is 432 g/mol. The summed E-state index contributed by atoms with van der Waals surface area (Å²) in [7, 11) is 0. The molecule has 7 heteroatoms. The van der Waals surface area contributed by atoms with Crippen LogP contribution in [0.1, 0.15) is 36.8 Å². The third-order valence-electron chi connectivity index (χ3n) is 5.73. The molecule has 0 aliphatic heterocycles. The van der Waals surface area contributed by atoms with Gasteiger partial charge in [0.25, 0.3) is 0 Å². The van der Waals surface area contributed by atoms with Gasteiger partial charge in [0.2, 0.25) is 5.91 Å². The maximum atomic E-state index is 12.5. The molecule has 172 valence electrons. The number of hydrogen-bond donors (Lipinski definition) is 1. The molecule has 0 unspecified atom stereocenters. The topological polar surface area (TPSA) is 69.0 Å². The Labute approximate surface area is 199 Å². The van der Waals surface area contributed by atoms with Gasteiger partial charge in [-0.15, -0.1) is 16.8 Å². The molecule has 1 heterocycles. The number of aryl methyl sites for hydroxylation is 2. The highest BCUT2D eigenvalue weighted by Crippen LogP contribution is 2.28. The van der Waals surface area contributed by atoms with E-state index >= 15 is 0 Å². The number of amides is 1. The first-order valence-corrected chi connectivity index (χ1v) is 12.3. The van der Waals surface area contributed by atoms with Gasteiger partial charge in [-0.25, -0.2) is 0 Å². The predicted molar refractivity (Wildman–Crippen MR) is 134 cm³/mol. The van der Waals surface area contributed by atoms with Gasteiger partial charge in [-0.2, -0.15) is 0 Å². The van der Waals surface area contributed by atoms with Crippen LogP contribution in [0.15, 0.2) is 60.3 Å². The number of thioether (sulfide) groups is 1. The van der Waals surface area contributed by atoms with Gasteiger partial charge in [-0.05, 0) is 75.4 Å². The molecule has 6 nitrogen and oxygen atoms in total. The fourth-order valence-electron chi connectivity index (χ4n) is 4.05. The number of anilines is 1. The van der Waals surface area contributed by atoms with Crippen LogP contribution in [-0.2, 0) is 11.3 Å². The van der Waals surface area contributed by atoms with Crippen molar-refractivity contribution in [2.75, 3.05) is 11.1 Å². The predicted octanol–water partition coefficient (Wildman–Crippen LogP) is 5.80. The zero-order valence-corrected chi connectivity index (χ0v) is 20.0. The quantitative estimate of drug-likeness (QED) is 0.321. The van der Waals surface area contributed by atoms with Gasteiger partial charge in [0.1, 0.15) is 5.75 Å². The monoisotopic (exact) mass is 462 g/mol. The molecule has 0 radical (unpaired) electrons. The van der Waals surface area contributed by atoms with Crippen LogP contribution in [-0.4, -0.2) is 32.5 Å². The van der Waals surface area contributed by atoms with Crippen LogP contribution in [0.3, 0.4) is 0 Å². The number of allylic oxidation sites excluding steroid dienone is 1. The van der Waals surface area contributed by atoms with E-state index in [1.165, 1.54) is 30.2 Å². The Hall–Kier alpha value is -3.06. The Bertz CT molecular complexity index is 1120. The molecule has 2 aromatic carbocycles. The highest BCUT2D eigenvalue weighted by Gasteiger charge is 2.18. The van der Waals surface area contributed by atoms with Crippen LogP contribution in [0.5, 0.6) is 5.75 Å². The minimum atomic E-state index is -0.0740. The molecule has 4 rings (SSSR count). The van der Waals surface area contributed by atoms with E-state index in [-0.39, 0.29) is 11.7 Å². The van der Waals surface area contributed by atoms with Crippen molar-refractivity contribution >= 4 is 23.4 Å². The molecule has 0 bridgehead atoms. The first kappa shape index (κ1) is 23.1. The molecule has 33 heavy (non-hydrogen) atoms. The number of aromatic nitrogens is 3. The van der Waals surface area contributed by atoms with E-state index in [1.54, 1.807) is 0 Å². The lowest BCUT2D eigenvalue weighted by molar-refractivity contribution is -0.113. The molecule has 1 aliphatic rings. The van der Waals surface area contributed by atoms with Crippen LogP contribution in [0.4, 0.5) is 5.69 Å². The smallest absolute Gasteiger partial charge is 0.234 e. The van der Waals surface area contributed by atoms with E-state index in [0.29, 0.717) is 17.8 Å². The second kappa shape index (κ2) is 10.7. The van der Waals surface area contributed by atoms with Crippen molar-refractivity contribution in [3.8, 4) is 17.1 Å². The molecule has 3 aromatic rings. The largest absolute Gasteiger partial charge is 0.490 e. The summed E-state index contributed by atoms with van der Waals surface area (Å²) in [6.45, 7) is 8.45. The van der Waals surface area contributed by atoms with E-state index in [1.807, 2.05) is 60.9 Å². The third-order valence-corrected chi connectivity index (χ3v) is 6.70. The van der Waals surface area contributed by atoms with Crippen LogP contribution in [0, 0.1) is 13.8 Å². The van der Waals surface area contributed by atoms with Gasteiger partial charge >= 0.3 is 0 Å². The highest BCUT2D eigenvalue weighted by molar-refractivity contribution is 7.99. The Morgan fingerprint density at radius 3 is 2.64 bits per heavy atom. The summed E-state index contributed by atoms with van der Waals surface area (Å²) < 4.78 is 8.05. The zero-order valence-electron chi connectivity index (χ0n) is 19.2. The van der Waals surface area contributed by atoms with Gasteiger partial charge in [-0.1, -0.05) is 35.5 Å². The van der Waals surface area contributed by atoms with Crippen molar-refractivity contribution in [1.29, 1.82) is 0 Å². The van der Waals surface area contributed by atoms with Crippen molar-refractivity contribution in [3.63, 3.8) is 0 Å². The lowest BCUT2D eigenvalue weighted by Crippen LogP contribution is -2.15. The minimum absolute atomic E-state index is 0.0740. The molecule has 1 aromatic heterocycles. The van der Waals surface area contributed by atoms with Crippen LogP contribution >= 0.6 is 11.8 Å². The zero-order chi connectivity index (χ0) is 23.2. The summed E-state index contributed by atoms with van der Waals surface area (Å²) >= 11 is 1.37. The van der Waals surface area contributed by atoms with E-state index in [0.717, 1.165) is 41.2 Å². The number of nitrogens with zero attached hydrogens (tertiary/aromatic N) is 3. The Morgan fingerprint density at radius 2 is 1.94 bits per heavy atom. The van der Waals surface area contributed by atoms with Crippen molar-refractivity contribution in [2.45, 2.75) is 57.3 Å². The summed E-state index contributed by atoms with van der Waals surface area (Å²) in [5.41, 5.74) is 4.00. The first-order chi connectivity index (χ1) is 16.0. The number of benzene rings is 2. The lowest BCUT2D eigenvalue weighted by atomic mass is 10.1. The van der Waals surface area contributed by atoms with Gasteiger partial charge in [0, 0.05) is 17.8 Å². The molecule has 0 saturated heterocycles. The van der Waals surface area contributed by atoms with Crippen molar-refractivity contribution < 1.29 is 9.53 Å². The number of rotatable bonds is 9. The lowest BCUT2D eigenvalue weighted by Gasteiger charge is -2.13. The summed E-state index contributed by atoms with van der Waals surface area (Å²) in [5, 5.41) is 12.4. The molecule has 1 saturated carbocycles. The minimum Gasteiger partial charge on any atom is -0.490 e. The summed E-state index contributed by atoms with van der Waals surface area (Å²) in [6, 6.07) is 14.0. The number of carbonyl (C=O) groups is 1. The van der Waals surface area contributed by atoms with Crippen molar-refractivity contribution in [2.24, 2.45) is 0 Å². The molecule has 1 N–H and O–H groups in total. The molecule has 1 fully saturated rings. The average Bonchev–Trinajstić information content (AvgIpc) is 3.45. The summed E-state index contributed by atoms with van der Waals surface area (Å²) in [6.07, 6.45) is 6.90. The second-order valence-electron chi connectivity index (χ2n) is 8.41. The van der Waals surface area contributed by atoms with E-state index in [2.05, 4.69) is 28.2 Å². The first-order valence-electron chi connectivity index (χ1n) is 11.3. The fourth-order valence-corrected chi connectivity index (χ4v) is 4.80.